The van der Waals surface area contributed by atoms with Gasteiger partial charge in [0.25, 0.3) is 5.91 Å². The topological polar surface area (TPSA) is 45.2 Å². The number of aryl methyl sites for hydroxylation is 1. The van der Waals surface area contributed by atoms with E-state index in [0.717, 1.165) is 23.6 Å². The minimum Gasteiger partial charge on any atom is -0.370 e. The average molecular weight is 289 g/mol. The number of anilines is 1. The Labute approximate surface area is 123 Å². The SMILES string of the molecule is CCNc1cc(C(=O)N(C)Cc2ccsc2)cc(C)n1. The second-order valence-electron chi connectivity index (χ2n) is 4.71. The molecule has 0 aliphatic rings. The molecule has 2 rings (SSSR count). The Balaban J connectivity index is 2.15. The van der Waals surface area contributed by atoms with E-state index >= 15 is 0 Å². The zero-order valence-electron chi connectivity index (χ0n) is 12.0. The molecule has 2 aromatic rings. The minimum absolute atomic E-state index is 0.0147. The van der Waals surface area contributed by atoms with Crippen LogP contribution in [-0.4, -0.2) is 29.4 Å². The maximum atomic E-state index is 12.5. The fraction of sp³-hybridized carbons (Fsp3) is 0.333. The predicted octanol–water partition coefficient (Wildman–Crippen LogP) is 3.16. The van der Waals surface area contributed by atoms with Crippen molar-refractivity contribution in [3.05, 3.63) is 45.8 Å². The van der Waals surface area contributed by atoms with Crippen LogP contribution in [0.5, 0.6) is 0 Å². The van der Waals surface area contributed by atoms with Crippen molar-refractivity contribution in [3.63, 3.8) is 0 Å². The number of amides is 1. The molecular weight excluding hydrogens is 270 g/mol. The molecular formula is C15H19N3OS. The molecule has 0 saturated carbocycles. The summed E-state index contributed by atoms with van der Waals surface area (Å²) in [6.07, 6.45) is 0. The summed E-state index contributed by atoms with van der Waals surface area (Å²) in [4.78, 5) is 18.5. The summed E-state index contributed by atoms with van der Waals surface area (Å²) < 4.78 is 0. The molecule has 1 amide bonds. The maximum Gasteiger partial charge on any atom is 0.254 e. The van der Waals surface area contributed by atoms with Gasteiger partial charge in [-0.25, -0.2) is 4.98 Å². The molecule has 106 valence electrons. The van der Waals surface area contributed by atoms with Gasteiger partial charge in [0.05, 0.1) is 0 Å². The van der Waals surface area contributed by atoms with Gasteiger partial charge in [-0.05, 0) is 48.4 Å². The number of carbonyl (C=O) groups excluding carboxylic acids is 1. The molecule has 2 aromatic heterocycles. The molecule has 2 heterocycles. The van der Waals surface area contributed by atoms with E-state index in [9.17, 15) is 4.79 Å². The van der Waals surface area contributed by atoms with Gasteiger partial charge in [-0.15, -0.1) is 0 Å². The van der Waals surface area contributed by atoms with Gasteiger partial charge in [0.15, 0.2) is 0 Å². The van der Waals surface area contributed by atoms with Crippen LogP contribution in [0, 0.1) is 6.92 Å². The van der Waals surface area contributed by atoms with Gasteiger partial charge >= 0.3 is 0 Å². The third-order valence-corrected chi connectivity index (χ3v) is 3.64. The molecule has 20 heavy (non-hydrogen) atoms. The lowest BCUT2D eigenvalue weighted by Crippen LogP contribution is -2.26. The van der Waals surface area contributed by atoms with Crippen LogP contribution >= 0.6 is 11.3 Å². The monoisotopic (exact) mass is 289 g/mol. The van der Waals surface area contributed by atoms with Crippen LogP contribution in [0.3, 0.4) is 0 Å². The standard InChI is InChI=1S/C15H19N3OS/c1-4-16-14-8-13(7-11(2)17-14)15(19)18(3)9-12-5-6-20-10-12/h5-8,10H,4,9H2,1-3H3,(H,16,17). The van der Waals surface area contributed by atoms with Gasteiger partial charge in [0, 0.05) is 31.4 Å². The summed E-state index contributed by atoms with van der Waals surface area (Å²) >= 11 is 1.64. The number of pyridine rings is 1. The molecule has 4 nitrogen and oxygen atoms in total. The van der Waals surface area contributed by atoms with Crippen molar-refractivity contribution in [3.8, 4) is 0 Å². The zero-order valence-corrected chi connectivity index (χ0v) is 12.8. The number of hydrogen-bond donors (Lipinski definition) is 1. The molecule has 0 bridgehead atoms. The fourth-order valence-electron chi connectivity index (χ4n) is 2.01. The van der Waals surface area contributed by atoms with Gasteiger partial charge in [-0.1, -0.05) is 0 Å². The summed E-state index contributed by atoms with van der Waals surface area (Å²) in [5.74, 6) is 0.764. The van der Waals surface area contributed by atoms with E-state index < -0.39 is 0 Å². The molecule has 0 atom stereocenters. The van der Waals surface area contributed by atoms with Crippen LogP contribution in [0.25, 0.3) is 0 Å². The van der Waals surface area contributed by atoms with E-state index in [1.165, 1.54) is 0 Å². The minimum atomic E-state index is 0.0147. The Morgan fingerprint density at radius 2 is 2.25 bits per heavy atom. The van der Waals surface area contributed by atoms with Crippen LogP contribution in [0.2, 0.25) is 0 Å². The third-order valence-electron chi connectivity index (χ3n) is 2.90. The average Bonchev–Trinajstić information content (AvgIpc) is 2.90. The van der Waals surface area contributed by atoms with E-state index in [2.05, 4.69) is 15.7 Å². The van der Waals surface area contributed by atoms with Crippen molar-refractivity contribution in [2.45, 2.75) is 20.4 Å². The molecule has 0 unspecified atom stereocenters. The van der Waals surface area contributed by atoms with Gasteiger partial charge < -0.3 is 10.2 Å². The van der Waals surface area contributed by atoms with Crippen LogP contribution in [0.15, 0.2) is 29.0 Å². The van der Waals surface area contributed by atoms with Gasteiger partial charge in [-0.3, -0.25) is 4.79 Å². The number of nitrogens with one attached hydrogen (secondary N) is 1. The summed E-state index contributed by atoms with van der Waals surface area (Å²) in [5, 5.41) is 7.23. The first kappa shape index (κ1) is 14.5. The highest BCUT2D eigenvalue weighted by molar-refractivity contribution is 7.07. The first-order chi connectivity index (χ1) is 9.60. The van der Waals surface area contributed by atoms with Crippen LogP contribution < -0.4 is 5.32 Å². The van der Waals surface area contributed by atoms with E-state index in [0.29, 0.717) is 12.1 Å². The third kappa shape index (κ3) is 3.57. The Morgan fingerprint density at radius 1 is 1.45 bits per heavy atom. The van der Waals surface area contributed by atoms with E-state index in [4.69, 9.17) is 0 Å². The Bertz CT molecular complexity index is 581. The van der Waals surface area contributed by atoms with Crippen molar-refractivity contribution >= 4 is 23.1 Å². The number of carbonyl (C=O) groups is 1. The quantitative estimate of drug-likeness (QED) is 0.919. The van der Waals surface area contributed by atoms with E-state index in [1.807, 2.05) is 44.5 Å². The summed E-state index contributed by atoms with van der Waals surface area (Å²) in [7, 11) is 1.82. The normalized spacial score (nSPS) is 10.3. The molecule has 0 aliphatic carbocycles. The number of aromatic nitrogens is 1. The number of rotatable bonds is 5. The summed E-state index contributed by atoms with van der Waals surface area (Å²) in [5.41, 5.74) is 2.67. The number of nitrogens with zero attached hydrogens (tertiary/aromatic N) is 2. The molecule has 0 aliphatic heterocycles. The van der Waals surface area contributed by atoms with E-state index in [-0.39, 0.29) is 5.91 Å². The Morgan fingerprint density at radius 3 is 2.90 bits per heavy atom. The van der Waals surface area contributed by atoms with Crippen LogP contribution in [-0.2, 0) is 6.54 Å². The first-order valence-electron chi connectivity index (χ1n) is 6.59. The van der Waals surface area contributed by atoms with Gasteiger partial charge in [0.2, 0.25) is 0 Å². The van der Waals surface area contributed by atoms with Gasteiger partial charge in [-0.2, -0.15) is 11.3 Å². The lowest BCUT2D eigenvalue weighted by atomic mass is 10.2. The predicted molar refractivity (Wildman–Crippen MR) is 83.3 cm³/mol. The Kier molecular flexibility index (Phi) is 4.74. The molecule has 0 aromatic carbocycles. The van der Waals surface area contributed by atoms with Crippen molar-refractivity contribution < 1.29 is 4.79 Å². The molecule has 5 heteroatoms. The molecule has 1 N–H and O–H groups in total. The van der Waals surface area contributed by atoms with Crippen molar-refractivity contribution in [1.29, 1.82) is 0 Å². The van der Waals surface area contributed by atoms with Crippen LogP contribution in [0.4, 0.5) is 5.82 Å². The number of hydrogen-bond acceptors (Lipinski definition) is 4. The summed E-state index contributed by atoms with van der Waals surface area (Å²) in [6.45, 7) is 5.32. The zero-order chi connectivity index (χ0) is 14.5. The first-order valence-corrected chi connectivity index (χ1v) is 7.53. The highest BCUT2D eigenvalue weighted by atomic mass is 32.1. The molecule has 0 spiro atoms. The molecule has 0 fully saturated rings. The maximum absolute atomic E-state index is 12.5. The molecule has 0 saturated heterocycles. The second-order valence-corrected chi connectivity index (χ2v) is 5.49. The smallest absolute Gasteiger partial charge is 0.254 e. The largest absolute Gasteiger partial charge is 0.370 e. The lowest BCUT2D eigenvalue weighted by molar-refractivity contribution is 0.0785. The van der Waals surface area contributed by atoms with Crippen molar-refractivity contribution in [1.82, 2.24) is 9.88 Å². The van der Waals surface area contributed by atoms with E-state index in [1.54, 1.807) is 16.2 Å². The van der Waals surface area contributed by atoms with Crippen molar-refractivity contribution in [2.75, 3.05) is 18.9 Å². The van der Waals surface area contributed by atoms with Crippen LogP contribution in [0.1, 0.15) is 28.5 Å². The number of thiophene rings is 1. The van der Waals surface area contributed by atoms with Gasteiger partial charge in [0.1, 0.15) is 5.82 Å². The Hall–Kier alpha value is -1.88. The highest BCUT2D eigenvalue weighted by Gasteiger charge is 2.14. The highest BCUT2D eigenvalue weighted by Crippen LogP contribution is 2.14. The second kappa shape index (κ2) is 6.52. The van der Waals surface area contributed by atoms with Crippen molar-refractivity contribution in [2.24, 2.45) is 0 Å². The molecule has 0 radical (unpaired) electrons. The summed E-state index contributed by atoms with van der Waals surface area (Å²) in [6, 6.07) is 5.67. The fourth-order valence-corrected chi connectivity index (χ4v) is 2.67. The lowest BCUT2D eigenvalue weighted by Gasteiger charge is -2.17.